The number of hydrogen-bond acceptors (Lipinski definition) is 7. The summed E-state index contributed by atoms with van der Waals surface area (Å²) in [5.74, 6) is -0.245. The molecule has 72 valence electrons. The smallest absolute Gasteiger partial charge is 0.267 e. The van der Waals surface area contributed by atoms with E-state index in [2.05, 4.69) is 20.1 Å². The zero-order chi connectivity index (χ0) is 9.97. The summed E-state index contributed by atoms with van der Waals surface area (Å²) in [6.07, 6.45) is 0. The third kappa shape index (κ3) is 1.86. The van der Waals surface area contributed by atoms with E-state index >= 15 is 0 Å². The van der Waals surface area contributed by atoms with E-state index in [-0.39, 0.29) is 5.91 Å². The van der Waals surface area contributed by atoms with Crippen molar-refractivity contribution < 1.29 is 4.79 Å². The zero-order valence-corrected chi connectivity index (χ0v) is 8.43. The Labute approximate surface area is 86.9 Å². The summed E-state index contributed by atoms with van der Waals surface area (Å²) in [5, 5.41) is 11.6. The van der Waals surface area contributed by atoms with Crippen LogP contribution in [-0.4, -0.2) is 20.7 Å². The predicted molar refractivity (Wildman–Crippen MR) is 54.4 cm³/mol. The summed E-state index contributed by atoms with van der Waals surface area (Å²) in [5.41, 5.74) is 6.06. The van der Waals surface area contributed by atoms with Gasteiger partial charge in [0.25, 0.3) is 5.91 Å². The third-order valence-electron chi connectivity index (χ3n) is 1.36. The molecule has 2 heterocycles. The maximum absolute atomic E-state index is 11.5. The fourth-order valence-corrected chi connectivity index (χ4v) is 1.87. The van der Waals surface area contributed by atoms with Gasteiger partial charge in [-0.3, -0.25) is 10.1 Å². The van der Waals surface area contributed by atoms with E-state index in [1.54, 1.807) is 11.4 Å². The van der Waals surface area contributed by atoms with E-state index < -0.39 is 0 Å². The van der Waals surface area contributed by atoms with Crippen LogP contribution < -0.4 is 11.1 Å². The van der Waals surface area contributed by atoms with Crippen LogP contribution in [0.15, 0.2) is 11.4 Å². The summed E-state index contributed by atoms with van der Waals surface area (Å²) in [6.45, 7) is 0. The van der Waals surface area contributed by atoms with Crippen LogP contribution >= 0.6 is 22.9 Å². The highest BCUT2D eigenvalue weighted by Gasteiger charge is 2.10. The van der Waals surface area contributed by atoms with Gasteiger partial charge in [-0.25, -0.2) is 0 Å². The summed E-state index contributed by atoms with van der Waals surface area (Å²) in [4.78, 5) is 12.0. The number of nitrogens with one attached hydrogen (secondary N) is 1. The largest absolute Gasteiger partial charge is 0.398 e. The van der Waals surface area contributed by atoms with Crippen molar-refractivity contribution in [3.05, 3.63) is 16.3 Å². The van der Waals surface area contributed by atoms with Crippen molar-refractivity contribution >= 4 is 39.6 Å². The minimum Gasteiger partial charge on any atom is -0.398 e. The molecule has 0 bridgehead atoms. The number of carbonyl (C=O) groups excluding carboxylic acids is 1. The summed E-state index contributed by atoms with van der Waals surface area (Å²) >= 11 is 2.30. The maximum Gasteiger partial charge on any atom is 0.267 e. The number of anilines is 2. The second-order valence-electron chi connectivity index (χ2n) is 2.37. The molecule has 0 saturated carbocycles. The molecule has 6 nitrogen and oxygen atoms in total. The lowest BCUT2D eigenvalue weighted by molar-refractivity contribution is 0.103. The van der Waals surface area contributed by atoms with Crippen LogP contribution in [0.2, 0.25) is 0 Å². The monoisotopic (exact) mass is 227 g/mol. The molecule has 0 atom stereocenters. The van der Waals surface area contributed by atoms with E-state index in [0.717, 1.165) is 11.5 Å². The molecule has 0 fully saturated rings. The average molecular weight is 227 g/mol. The molecule has 0 spiro atoms. The van der Waals surface area contributed by atoms with E-state index in [4.69, 9.17) is 5.73 Å². The molecule has 0 aliphatic rings. The molecule has 2 rings (SSSR count). The van der Waals surface area contributed by atoms with Gasteiger partial charge in [0.1, 0.15) is 0 Å². The van der Waals surface area contributed by atoms with Gasteiger partial charge in [0, 0.05) is 22.6 Å². The van der Waals surface area contributed by atoms with Crippen LogP contribution in [0.3, 0.4) is 0 Å². The molecule has 3 N–H and O–H groups in total. The Morgan fingerprint density at radius 3 is 3.00 bits per heavy atom. The van der Waals surface area contributed by atoms with Gasteiger partial charge in [-0.1, -0.05) is 9.59 Å². The molecule has 0 aliphatic heterocycles. The molecule has 2 aromatic rings. The number of nitrogens with two attached hydrogens (primary N) is 1. The molecule has 1 amide bonds. The van der Waals surface area contributed by atoms with E-state index in [9.17, 15) is 4.79 Å². The second-order valence-corrected chi connectivity index (χ2v) is 4.01. The lowest BCUT2D eigenvalue weighted by Gasteiger charge is -1.94. The number of thiophene rings is 1. The molecule has 14 heavy (non-hydrogen) atoms. The minimum absolute atomic E-state index is 0.245. The lowest BCUT2D eigenvalue weighted by Crippen LogP contribution is -2.09. The van der Waals surface area contributed by atoms with Crippen molar-refractivity contribution in [2.75, 3.05) is 11.1 Å². The lowest BCUT2D eigenvalue weighted by atomic mass is 10.4. The SMILES string of the molecule is Nc1csc(C(=O)Nc2nnns2)c1. The highest BCUT2D eigenvalue weighted by Crippen LogP contribution is 2.17. The molecule has 0 unspecified atom stereocenters. The zero-order valence-electron chi connectivity index (χ0n) is 6.80. The Kier molecular flexibility index (Phi) is 2.37. The van der Waals surface area contributed by atoms with Gasteiger partial charge in [-0.05, 0) is 11.3 Å². The quantitative estimate of drug-likeness (QED) is 0.792. The number of rotatable bonds is 2. The number of hydrogen-bond donors (Lipinski definition) is 2. The molecular formula is C6H5N5OS2. The number of nitrogens with zero attached hydrogens (tertiary/aromatic N) is 3. The van der Waals surface area contributed by atoms with Crippen molar-refractivity contribution in [3.8, 4) is 0 Å². The molecule has 0 saturated heterocycles. The van der Waals surface area contributed by atoms with Crippen LogP contribution in [0.1, 0.15) is 9.67 Å². The minimum atomic E-state index is -0.245. The van der Waals surface area contributed by atoms with Crippen LogP contribution in [0.4, 0.5) is 10.8 Å². The first-order valence-corrected chi connectivity index (χ1v) is 5.21. The molecule has 2 aromatic heterocycles. The van der Waals surface area contributed by atoms with Gasteiger partial charge >= 0.3 is 0 Å². The van der Waals surface area contributed by atoms with Crippen LogP contribution in [0.5, 0.6) is 0 Å². The van der Waals surface area contributed by atoms with Crippen molar-refractivity contribution in [3.63, 3.8) is 0 Å². The Bertz CT molecular complexity index is 437. The maximum atomic E-state index is 11.5. The van der Waals surface area contributed by atoms with Crippen molar-refractivity contribution in [1.82, 2.24) is 14.8 Å². The molecule has 0 aliphatic carbocycles. The molecular weight excluding hydrogens is 222 g/mol. The standard InChI is InChI=1S/C6H5N5OS2/c7-3-1-4(13-2-3)5(12)8-6-9-10-11-14-6/h1-2H,7H2,(H,8,9,11,12). The first-order valence-electron chi connectivity index (χ1n) is 3.56. The predicted octanol–water partition coefficient (Wildman–Crippen LogP) is 0.829. The fourth-order valence-electron chi connectivity index (χ4n) is 0.811. The van der Waals surface area contributed by atoms with Gasteiger partial charge in [-0.2, -0.15) is 0 Å². The van der Waals surface area contributed by atoms with Gasteiger partial charge < -0.3 is 5.73 Å². The second kappa shape index (κ2) is 3.68. The van der Waals surface area contributed by atoms with Crippen LogP contribution in [0.25, 0.3) is 0 Å². The molecule has 0 aromatic carbocycles. The normalized spacial score (nSPS) is 10.0. The van der Waals surface area contributed by atoms with E-state index in [1.165, 1.54) is 11.3 Å². The molecule has 8 heteroatoms. The van der Waals surface area contributed by atoms with Gasteiger partial charge in [0.2, 0.25) is 5.13 Å². The van der Waals surface area contributed by atoms with Crippen LogP contribution in [-0.2, 0) is 0 Å². The molecule has 0 radical (unpaired) electrons. The van der Waals surface area contributed by atoms with Gasteiger partial charge in [0.15, 0.2) is 0 Å². The fraction of sp³-hybridized carbons (Fsp3) is 0. The Balaban J connectivity index is 2.10. The summed E-state index contributed by atoms with van der Waals surface area (Å²) in [6, 6.07) is 1.61. The van der Waals surface area contributed by atoms with E-state index in [0.29, 0.717) is 15.7 Å². The van der Waals surface area contributed by atoms with Crippen molar-refractivity contribution in [2.45, 2.75) is 0 Å². The highest BCUT2D eigenvalue weighted by atomic mass is 32.1. The Morgan fingerprint density at radius 1 is 1.57 bits per heavy atom. The number of nitrogen functional groups attached to an aromatic ring is 1. The first kappa shape index (κ1) is 9.03. The highest BCUT2D eigenvalue weighted by molar-refractivity contribution is 7.13. The van der Waals surface area contributed by atoms with Gasteiger partial charge in [-0.15, -0.1) is 11.3 Å². The Morgan fingerprint density at radius 2 is 2.43 bits per heavy atom. The van der Waals surface area contributed by atoms with Crippen molar-refractivity contribution in [1.29, 1.82) is 0 Å². The first-order chi connectivity index (χ1) is 6.75. The summed E-state index contributed by atoms with van der Waals surface area (Å²) < 4.78 is 3.52. The van der Waals surface area contributed by atoms with Gasteiger partial charge in [0.05, 0.1) is 4.88 Å². The number of aromatic nitrogens is 3. The Hall–Kier alpha value is -1.54. The van der Waals surface area contributed by atoms with Crippen LogP contribution in [0, 0.1) is 0 Å². The summed E-state index contributed by atoms with van der Waals surface area (Å²) in [7, 11) is 0. The topological polar surface area (TPSA) is 93.8 Å². The third-order valence-corrected chi connectivity index (χ3v) is 2.82. The average Bonchev–Trinajstić information content (AvgIpc) is 2.75. The number of carbonyl (C=O) groups is 1. The van der Waals surface area contributed by atoms with Crippen molar-refractivity contribution in [2.24, 2.45) is 0 Å². The number of amides is 1. The van der Waals surface area contributed by atoms with E-state index in [1.807, 2.05) is 0 Å².